The minimum absolute atomic E-state index is 0.0202. The molecule has 204 valence electrons. The minimum atomic E-state index is -3.66. The van der Waals surface area contributed by atoms with Gasteiger partial charge >= 0.3 is 0 Å². The number of hydrogen-bond donors (Lipinski definition) is 0. The van der Waals surface area contributed by atoms with Crippen molar-refractivity contribution in [2.24, 2.45) is 0 Å². The van der Waals surface area contributed by atoms with Crippen molar-refractivity contribution < 1.29 is 21.6 Å². The van der Waals surface area contributed by atoms with Gasteiger partial charge in [0.15, 0.2) is 0 Å². The molecule has 1 unspecified atom stereocenters. The summed E-state index contributed by atoms with van der Waals surface area (Å²) < 4.78 is 58.2. The molecule has 0 bridgehead atoms. The van der Waals surface area contributed by atoms with Gasteiger partial charge in [-0.3, -0.25) is 0 Å². The number of rotatable bonds is 9. The van der Waals surface area contributed by atoms with E-state index < -0.39 is 19.7 Å². The van der Waals surface area contributed by atoms with E-state index in [4.69, 9.17) is 4.74 Å². The Morgan fingerprint density at radius 2 is 1.03 bits per heavy atom. The van der Waals surface area contributed by atoms with E-state index in [9.17, 15) is 16.8 Å². The molecule has 0 fully saturated rings. The van der Waals surface area contributed by atoms with Crippen molar-refractivity contribution in [2.45, 2.75) is 72.1 Å². The van der Waals surface area contributed by atoms with E-state index in [2.05, 4.69) is 20.8 Å². The standard InChI is InChI=1S/C32H34O5S2/c1-6-32(4,5)26-11-19-30(20-12-26)39(35,36)31-21-13-27(14-22-31)37-24(3)25-9-17-29(18-10-25)38(33,34)28-15-7-23(2)8-16-28/h7-22,24H,6H2,1-5H3. The lowest BCUT2D eigenvalue weighted by atomic mass is 9.82. The molecule has 0 spiro atoms. The summed E-state index contributed by atoms with van der Waals surface area (Å²) in [6, 6.07) is 26.8. The molecule has 39 heavy (non-hydrogen) atoms. The third-order valence-corrected chi connectivity index (χ3v) is 10.8. The minimum Gasteiger partial charge on any atom is -0.486 e. The number of aryl methyl sites for hydroxylation is 1. The normalized spacial score (nSPS) is 13.2. The molecule has 0 aromatic heterocycles. The van der Waals surface area contributed by atoms with Crippen LogP contribution in [-0.4, -0.2) is 16.8 Å². The number of sulfone groups is 2. The van der Waals surface area contributed by atoms with Crippen molar-refractivity contribution in [2.75, 3.05) is 0 Å². The van der Waals surface area contributed by atoms with Gasteiger partial charge in [-0.1, -0.05) is 62.7 Å². The van der Waals surface area contributed by atoms with E-state index in [0.29, 0.717) is 5.75 Å². The zero-order chi connectivity index (χ0) is 28.4. The Labute approximate surface area is 232 Å². The lowest BCUT2D eigenvalue weighted by Gasteiger charge is -2.23. The number of benzene rings is 4. The summed E-state index contributed by atoms with van der Waals surface area (Å²) in [5.74, 6) is 0.512. The summed E-state index contributed by atoms with van der Waals surface area (Å²) >= 11 is 0. The Morgan fingerprint density at radius 3 is 1.46 bits per heavy atom. The lowest BCUT2D eigenvalue weighted by molar-refractivity contribution is 0.226. The van der Waals surface area contributed by atoms with Crippen LogP contribution in [0.3, 0.4) is 0 Å². The second kappa shape index (κ2) is 11.0. The van der Waals surface area contributed by atoms with Gasteiger partial charge in [0.2, 0.25) is 19.7 Å². The smallest absolute Gasteiger partial charge is 0.206 e. The van der Waals surface area contributed by atoms with E-state index in [1.54, 1.807) is 84.9 Å². The molecular formula is C32H34O5S2. The maximum atomic E-state index is 13.2. The first-order valence-electron chi connectivity index (χ1n) is 12.9. The van der Waals surface area contributed by atoms with Crippen LogP contribution in [0.5, 0.6) is 5.75 Å². The molecule has 0 aliphatic rings. The van der Waals surface area contributed by atoms with Crippen LogP contribution >= 0.6 is 0 Å². The molecule has 7 heteroatoms. The van der Waals surface area contributed by atoms with Crippen molar-refractivity contribution in [3.63, 3.8) is 0 Å². The van der Waals surface area contributed by atoms with Gasteiger partial charge in [-0.05, 0) is 97.5 Å². The predicted molar refractivity (Wildman–Crippen MR) is 154 cm³/mol. The van der Waals surface area contributed by atoms with Crippen molar-refractivity contribution in [1.29, 1.82) is 0 Å². The molecule has 1 atom stereocenters. The molecule has 0 N–H and O–H groups in total. The van der Waals surface area contributed by atoms with Gasteiger partial charge in [0.05, 0.1) is 19.6 Å². The van der Waals surface area contributed by atoms with E-state index in [1.165, 1.54) is 0 Å². The summed E-state index contributed by atoms with van der Waals surface area (Å²) in [5.41, 5.74) is 2.87. The van der Waals surface area contributed by atoms with Crippen molar-refractivity contribution in [3.05, 3.63) is 114 Å². The summed E-state index contributed by atoms with van der Waals surface area (Å²) in [4.78, 5) is 0.903. The second-order valence-corrected chi connectivity index (χ2v) is 14.3. The average molecular weight is 563 g/mol. The molecule has 0 amide bonds. The summed E-state index contributed by atoms with van der Waals surface area (Å²) in [6.07, 6.45) is 0.577. The molecule has 0 heterocycles. The molecule has 0 saturated heterocycles. The predicted octanol–water partition coefficient (Wildman–Crippen LogP) is 7.49. The third kappa shape index (κ3) is 6.10. The Balaban J connectivity index is 1.46. The van der Waals surface area contributed by atoms with Crippen molar-refractivity contribution in [1.82, 2.24) is 0 Å². The van der Waals surface area contributed by atoms with Gasteiger partial charge in [-0.25, -0.2) is 16.8 Å². The van der Waals surface area contributed by atoms with Crippen LogP contribution in [-0.2, 0) is 25.1 Å². The van der Waals surface area contributed by atoms with E-state index in [0.717, 1.165) is 23.1 Å². The van der Waals surface area contributed by atoms with Crippen LogP contribution in [0.4, 0.5) is 0 Å². The highest BCUT2D eigenvalue weighted by molar-refractivity contribution is 7.91. The van der Waals surface area contributed by atoms with Crippen LogP contribution in [0.2, 0.25) is 0 Å². The molecule has 4 aromatic rings. The molecule has 5 nitrogen and oxygen atoms in total. The van der Waals surface area contributed by atoms with Crippen LogP contribution < -0.4 is 4.74 Å². The fraction of sp³-hybridized carbons (Fsp3) is 0.250. The van der Waals surface area contributed by atoms with Gasteiger partial charge in [0.1, 0.15) is 11.9 Å². The van der Waals surface area contributed by atoms with Gasteiger partial charge in [0, 0.05) is 0 Å². The lowest BCUT2D eigenvalue weighted by Crippen LogP contribution is -2.15. The molecule has 0 aliphatic heterocycles. The van der Waals surface area contributed by atoms with E-state index >= 15 is 0 Å². The monoisotopic (exact) mass is 562 g/mol. The fourth-order valence-electron chi connectivity index (χ4n) is 4.17. The maximum absolute atomic E-state index is 13.2. The Kier molecular flexibility index (Phi) is 8.05. The highest BCUT2D eigenvalue weighted by Gasteiger charge is 2.22. The molecule has 0 aliphatic carbocycles. The zero-order valence-corrected chi connectivity index (χ0v) is 24.5. The van der Waals surface area contributed by atoms with Crippen LogP contribution in [0.1, 0.15) is 56.9 Å². The van der Waals surface area contributed by atoms with Crippen molar-refractivity contribution in [3.8, 4) is 5.75 Å². The van der Waals surface area contributed by atoms with Crippen LogP contribution in [0.25, 0.3) is 0 Å². The third-order valence-electron chi connectivity index (χ3n) is 7.27. The number of ether oxygens (including phenoxy) is 1. The quantitative estimate of drug-likeness (QED) is 0.211. The maximum Gasteiger partial charge on any atom is 0.206 e. The number of hydrogen-bond acceptors (Lipinski definition) is 5. The topological polar surface area (TPSA) is 77.5 Å². The molecule has 0 radical (unpaired) electrons. The molecular weight excluding hydrogens is 528 g/mol. The zero-order valence-electron chi connectivity index (χ0n) is 22.9. The van der Waals surface area contributed by atoms with Gasteiger partial charge in [0.25, 0.3) is 0 Å². The van der Waals surface area contributed by atoms with Gasteiger partial charge in [-0.2, -0.15) is 0 Å². The SMILES string of the molecule is CCC(C)(C)c1ccc(S(=O)(=O)c2ccc(OC(C)c3ccc(S(=O)(=O)c4ccc(C)cc4)cc3)cc2)cc1. The average Bonchev–Trinajstić information content (AvgIpc) is 2.93. The highest BCUT2D eigenvalue weighted by Crippen LogP contribution is 2.30. The largest absolute Gasteiger partial charge is 0.486 e. The van der Waals surface area contributed by atoms with Crippen LogP contribution in [0.15, 0.2) is 117 Å². The summed E-state index contributed by atoms with van der Waals surface area (Å²) in [7, 11) is -7.27. The first-order chi connectivity index (χ1) is 18.3. The van der Waals surface area contributed by atoms with Gasteiger partial charge in [-0.15, -0.1) is 0 Å². The van der Waals surface area contributed by atoms with Crippen LogP contribution in [0, 0.1) is 6.92 Å². The Morgan fingerprint density at radius 1 is 0.641 bits per heavy atom. The Hall–Kier alpha value is -3.42. The summed E-state index contributed by atoms with van der Waals surface area (Å²) in [6.45, 7) is 10.1. The summed E-state index contributed by atoms with van der Waals surface area (Å²) in [5, 5.41) is 0. The second-order valence-electron chi connectivity index (χ2n) is 10.4. The van der Waals surface area contributed by atoms with E-state index in [1.807, 2.05) is 26.0 Å². The molecule has 4 rings (SSSR count). The van der Waals surface area contributed by atoms with E-state index in [-0.39, 0.29) is 31.1 Å². The Bertz CT molecular complexity index is 1640. The highest BCUT2D eigenvalue weighted by atomic mass is 32.2. The van der Waals surface area contributed by atoms with Gasteiger partial charge < -0.3 is 4.74 Å². The van der Waals surface area contributed by atoms with Crippen molar-refractivity contribution >= 4 is 19.7 Å². The molecule has 4 aromatic carbocycles. The molecule has 0 saturated carbocycles. The fourth-order valence-corrected chi connectivity index (χ4v) is 6.69. The first-order valence-corrected chi connectivity index (χ1v) is 15.9. The first kappa shape index (κ1) is 28.6.